The number of aryl methyl sites for hydroxylation is 1. The maximum Gasteiger partial charge on any atom is 0.261 e. The monoisotopic (exact) mass is 430 g/mol. The molecule has 0 saturated heterocycles. The number of carbonyl (C=O) groups is 2. The highest BCUT2D eigenvalue weighted by molar-refractivity contribution is 6.30. The van der Waals surface area contributed by atoms with Crippen LogP contribution in [0.25, 0.3) is 0 Å². The van der Waals surface area contributed by atoms with E-state index in [1.807, 2.05) is 38.1 Å². The fraction of sp³-hybridized carbons (Fsp3) is 0.417. The zero-order chi connectivity index (χ0) is 21.9. The number of unbranched alkanes of at least 4 members (excludes halogenated alkanes) is 1. The van der Waals surface area contributed by atoms with Gasteiger partial charge in [-0.3, -0.25) is 9.59 Å². The molecule has 5 nitrogen and oxygen atoms in total. The van der Waals surface area contributed by atoms with Crippen LogP contribution in [-0.4, -0.2) is 35.9 Å². The normalized spacial score (nSPS) is 11.6. The molecule has 0 saturated carbocycles. The number of amides is 2. The third-order valence-corrected chi connectivity index (χ3v) is 5.04. The zero-order valence-electron chi connectivity index (χ0n) is 18.0. The van der Waals surface area contributed by atoms with E-state index in [0.717, 1.165) is 24.0 Å². The third kappa shape index (κ3) is 7.38. The van der Waals surface area contributed by atoms with Crippen molar-refractivity contribution in [3.05, 3.63) is 64.7 Å². The van der Waals surface area contributed by atoms with Gasteiger partial charge in [-0.2, -0.15) is 0 Å². The summed E-state index contributed by atoms with van der Waals surface area (Å²) in [7, 11) is 0. The van der Waals surface area contributed by atoms with Gasteiger partial charge in [-0.15, -0.1) is 0 Å². The van der Waals surface area contributed by atoms with Gasteiger partial charge in [0, 0.05) is 18.1 Å². The van der Waals surface area contributed by atoms with Crippen LogP contribution in [0.4, 0.5) is 0 Å². The SMILES string of the molecule is CCCCNC(=O)[C@@H](CC)N(Cc1cccc(C)c1)C(=O)COc1cccc(Cl)c1. The first-order valence-electron chi connectivity index (χ1n) is 10.5. The van der Waals surface area contributed by atoms with Crippen molar-refractivity contribution in [2.75, 3.05) is 13.2 Å². The highest BCUT2D eigenvalue weighted by Crippen LogP contribution is 2.18. The van der Waals surface area contributed by atoms with Crippen molar-refractivity contribution >= 4 is 23.4 Å². The molecule has 6 heteroatoms. The van der Waals surface area contributed by atoms with Crippen LogP contribution in [0, 0.1) is 6.92 Å². The van der Waals surface area contributed by atoms with E-state index in [1.165, 1.54) is 0 Å². The summed E-state index contributed by atoms with van der Waals surface area (Å²) in [5.74, 6) is 0.149. The predicted octanol–water partition coefficient (Wildman–Crippen LogP) is 4.75. The number of nitrogens with zero attached hydrogens (tertiary/aromatic N) is 1. The van der Waals surface area contributed by atoms with E-state index in [1.54, 1.807) is 29.2 Å². The minimum Gasteiger partial charge on any atom is -0.484 e. The Labute approximate surface area is 184 Å². The lowest BCUT2D eigenvalue weighted by molar-refractivity contribution is -0.143. The summed E-state index contributed by atoms with van der Waals surface area (Å²) in [6, 6.07) is 14.3. The van der Waals surface area contributed by atoms with Crippen LogP contribution in [0.5, 0.6) is 5.75 Å². The van der Waals surface area contributed by atoms with Crippen LogP contribution in [0.2, 0.25) is 5.02 Å². The summed E-state index contributed by atoms with van der Waals surface area (Å²) in [6.07, 6.45) is 2.43. The van der Waals surface area contributed by atoms with Crippen molar-refractivity contribution in [2.45, 2.75) is 52.6 Å². The Kier molecular flexibility index (Phi) is 9.68. The molecule has 0 radical (unpaired) electrons. The van der Waals surface area contributed by atoms with Gasteiger partial charge < -0.3 is 15.0 Å². The van der Waals surface area contributed by atoms with Crippen molar-refractivity contribution in [1.29, 1.82) is 0 Å². The molecule has 30 heavy (non-hydrogen) atoms. The summed E-state index contributed by atoms with van der Waals surface area (Å²) in [5.41, 5.74) is 2.08. The van der Waals surface area contributed by atoms with Crippen molar-refractivity contribution in [3.63, 3.8) is 0 Å². The number of rotatable bonds is 11. The number of nitrogens with one attached hydrogen (secondary N) is 1. The Morgan fingerprint density at radius 1 is 1.13 bits per heavy atom. The quantitative estimate of drug-likeness (QED) is 0.523. The van der Waals surface area contributed by atoms with Crippen LogP contribution in [-0.2, 0) is 16.1 Å². The number of benzene rings is 2. The van der Waals surface area contributed by atoms with Crippen LogP contribution < -0.4 is 10.1 Å². The lowest BCUT2D eigenvalue weighted by Crippen LogP contribution is -2.50. The second-order valence-corrected chi connectivity index (χ2v) is 7.76. The smallest absolute Gasteiger partial charge is 0.261 e. The van der Waals surface area contributed by atoms with Gasteiger partial charge in [0.1, 0.15) is 11.8 Å². The molecule has 1 N–H and O–H groups in total. The molecule has 2 rings (SSSR count). The van der Waals surface area contributed by atoms with E-state index >= 15 is 0 Å². The highest BCUT2D eigenvalue weighted by atomic mass is 35.5. The molecule has 0 aliphatic heterocycles. The standard InChI is InChI=1S/C24H31ClN2O3/c1-4-6-13-26-24(29)22(5-2)27(16-19-10-7-9-18(3)14-19)23(28)17-30-21-12-8-11-20(25)15-21/h7-12,14-15,22H,4-6,13,16-17H2,1-3H3,(H,26,29)/t22-/m1/s1. The molecule has 0 aliphatic rings. The molecule has 2 amide bonds. The maximum absolute atomic E-state index is 13.1. The van der Waals surface area contributed by atoms with E-state index in [9.17, 15) is 9.59 Å². The topological polar surface area (TPSA) is 58.6 Å². The third-order valence-electron chi connectivity index (χ3n) is 4.81. The van der Waals surface area contributed by atoms with Gasteiger partial charge in [-0.1, -0.05) is 67.8 Å². The molecule has 1 atom stereocenters. The molecule has 2 aromatic carbocycles. The van der Waals surface area contributed by atoms with Gasteiger partial charge in [0.2, 0.25) is 5.91 Å². The largest absolute Gasteiger partial charge is 0.484 e. The summed E-state index contributed by atoms with van der Waals surface area (Å²) in [5, 5.41) is 3.50. The summed E-state index contributed by atoms with van der Waals surface area (Å²) < 4.78 is 5.66. The average Bonchev–Trinajstić information content (AvgIpc) is 2.72. The highest BCUT2D eigenvalue weighted by Gasteiger charge is 2.28. The van der Waals surface area contributed by atoms with E-state index in [0.29, 0.717) is 30.3 Å². The van der Waals surface area contributed by atoms with Crippen LogP contribution in [0.15, 0.2) is 48.5 Å². The van der Waals surface area contributed by atoms with Crippen molar-refractivity contribution in [3.8, 4) is 5.75 Å². The molecular formula is C24H31ClN2O3. The molecule has 0 fully saturated rings. The minimum absolute atomic E-state index is 0.130. The zero-order valence-corrected chi connectivity index (χ0v) is 18.7. The number of halogens is 1. The molecule has 0 spiro atoms. The predicted molar refractivity (Wildman–Crippen MR) is 121 cm³/mol. The van der Waals surface area contributed by atoms with Gasteiger partial charge in [0.15, 0.2) is 6.61 Å². The summed E-state index contributed by atoms with van der Waals surface area (Å²) >= 11 is 5.99. The Bertz CT molecular complexity index is 841. The fourth-order valence-electron chi connectivity index (χ4n) is 3.22. The van der Waals surface area contributed by atoms with Crippen LogP contribution >= 0.6 is 11.6 Å². The fourth-order valence-corrected chi connectivity index (χ4v) is 3.40. The Hall–Kier alpha value is -2.53. The van der Waals surface area contributed by atoms with Gasteiger partial charge in [-0.05, 0) is 43.5 Å². The molecule has 0 aliphatic carbocycles. The molecule has 0 unspecified atom stereocenters. The minimum atomic E-state index is -0.558. The van der Waals surface area contributed by atoms with E-state index in [2.05, 4.69) is 12.2 Å². The second-order valence-electron chi connectivity index (χ2n) is 7.33. The van der Waals surface area contributed by atoms with E-state index in [-0.39, 0.29) is 18.4 Å². The van der Waals surface area contributed by atoms with Gasteiger partial charge in [-0.25, -0.2) is 0 Å². The molecule has 0 heterocycles. The van der Waals surface area contributed by atoms with Crippen LogP contribution in [0.1, 0.15) is 44.2 Å². The number of carbonyl (C=O) groups excluding carboxylic acids is 2. The van der Waals surface area contributed by atoms with E-state index < -0.39 is 6.04 Å². The first kappa shape index (κ1) is 23.7. The van der Waals surface area contributed by atoms with Crippen molar-refractivity contribution in [1.82, 2.24) is 10.2 Å². The molecule has 162 valence electrons. The van der Waals surface area contributed by atoms with Crippen molar-refractivity contribution < 1.29 is 14.3 Å². The molecular weight excluding hydrogens is 400 g/mol. The van der Waals surface area contributed by atoms with Gasteiger partial charge >= 0.3 is 0 Å². The number of hydrogen-bond donors (Lipinski definition) is 1. The van der Waals surface area contributed by atoms with Gasteiger partial charge in [0.25, 0.3) is 5.91 Å². The second kappa shape index (κ2) is 12.2. The average molecular weight is 431 g/mol. The van der Waals surface area contributed by atoms with E-state index in [4.69, 9.17) is 16.3 Å². The Balaban J connectivity index is 2.17. The number of hydrogen-bond acceptors (Lipinski definition) is 3. The number of ether oxygens (including phenoxy) is 1. The molecule has 0 aromatic heterocycles. The first-order valence-corrected chi connectivity index (χ1v) is 10.8. The van der Waals surface area contributed by atoms with Crippen molar-refractivity contribution in [2.24, 2.45) is 0 Å². The Morgan fingerprint density at radius 3 is 2.57 bits per heavy atom. The summed E-state index contributed by atoms with van der Waals surface area (Å²) in [4.78, 5) is 27.5. The lowest BCUT2D eigenvalue weighted by Gasteiger charge is -2.30. The maximum atomic E-state index is 13.1. The molecule has 2 aromatic rings. The van der Waals surface area contributed by atoms with Gasteiger partial charge in [0.05, 0.1) is 0 Å². The van der Waals surface area contributed by atoms with Crippen LogP contribution in [0.3, 0.4) is 0 Å². The molecule has 0 bridgehead atoms. The first-order chi connectivity index (χ1) is 14.4. The lowest BCUT2D eigenvalue weighted by atomic mass is 10.1. The summed E-state index contributed by atoms with van der Waals surface area (Å²) in [6.45, 7) is 6.79. The Morgan fingerprint density at radius 2 is 1.90 bits per heavy atom.